The number of benzene rings is 2. The van der Waals surface area contributed by atoms with E-state index in [0.29, 0.717) is 17.1 Å². The van der Waals surface area contributed by atoms with Gasteiger partial charge in [-0.3, -0.25) is 14.4 Å². The van der Waals surface area contributed by atoms with Crippen LogP contribution in [0, 0.1) is 0 Å². The maximum absolute atomic E-state index is 12.6. The van der Waals surface area contributed by atoms with Gasteiger partial charge < -0.3 is 19.4 Å². The molecule has 0 spiro atoms. The Kier molecular flexibility index (Phi) is 5.27. The fraction of sp³-hybridized carbons (Fsp3) is 0.261. The lowest BCUT2D eigenvalue weighted by atomic mass is 10.1. The van der Waals surface area contributed by atoms with Crippen molar-refractivity contribution < 1.29 is 4.79 Å². The van der Waals surface area contributed by atoms with Crippen LogP contribution in [0.5, 0.6) is 0 Å². The number of rotatable bonds is 6. The molecule has 2 N–H and O–H groups in total. The molecule has 2 aromatic heterocycles. The minimum absolute atomic E-state index is 0.121. The molecule has 4 aromatic rings. The summed E-state index contributed by atoms with van der Waals surface area (Å²) in [4.78, 5) is 39.3. The van der Waals surface area contributed by atoms with Gasteiger partial charge in [-0.05, 0) is 37.6 Å². The second-order valence-electron chi connectivity index (χ2n) is 7.63. The van der Waals surface area contributed by atoms with Crippen molar-refractivity contribution >= 4 is 27.8 Å². The van der Waals surface area contributed by atoms with Crippen LogP contribution in [0.3, 0.4) is 0 Å². The molecule has 7 nitrogen and oxygen atoms in total. The van der Waals surface area contributed by atoms with Crippen molar-refractivity contribution in [1.82, 2.24) is 19.4 Å². The second-order valence-corrected chi connectivity index (χ2v) is 7.63. The lowest BCUT2D eigenvalue weighted by molar-refractivity contribution is -0.120. The first-order valence-electron chi connectivity index (χ1n) is 10.0. The highest BCUT2D eigenvalue weighted by Crippen LogP contribution is 2.24. The number of aromatic amines is 1. The first-order chi connectivity index (χ1) is 14.5. The van der Waals surface area contributed by atoms with Crippen LogP contribution in [0.1, 0.15) is 25.5 Å². The van der Waals surface area contributed by atoms with Crippen LogP contribution in [-0.4, -0.2) is 26.6 Å². The number of para-hydroxylation sites is 3. The lowest BCUT2D eigenvalue weighted by Crippen LogP contribution is -2.39. The van der Waals surface area contributed by atoms with Gasteiger partial charge in [0.05, 0.1) is 17.5 Å². The minimum Gasteiger partial charge on any atom is -0.354 e. The molecular weight excluding hydrogens is 380 g/mol. The molecule has 0 saturated carbocycles. The van der Waals surface area contributed by atoms with Gasteiger partial charge in [-0.1, -0.05) is 30.3 Å². The highest BCUT2D eigenvalue weighted by atomic mass is 16.2. The predicted molar refractivity (Wildman–Crippen MR) is 118 cm³/mol. The van der Waals surface area contributed by atoms with Gasteiger partial charge in [0.1, 0.15) is 0 Å². The Morgan fingerprint density at radius 3 is 2.50 bits per heavy atom. The summed E-state index contributed by atoms with van der Waals surface area (Å²) in [6.07, 6.45) is 2.29. The molecular formula is C23H24N4O3. The molecule has 0 unspecified atom stereocenters. The zero-order chi connectivity index (χ0) is 21.3. The van der Waals surface area contributed by atoms with Crippen LogP contribution in [-0.2, 0) is 17.8 Å². The van der Waals surface area contributed by atoms with Crippen molar-refractivity contribution in [2.75, 3.05) is 6.54 Å². The number of hydrogen-bond donors (Lipinski definition) is 2. The minimum atomic E-state index is -0.665. The normalized spacial score (nSPS) is 11.4. The number of carbonyl (C=O) groups is 1. The van der Waals surface area contributed by atoms with E-state index in [4.69, 9.17) is 0 Å². The van der Waals surface area contributed by atoms with E-state index in [1.54, 1.807) is 24.3 Å². The molecule has 0 fully saturated rings. The SMILES string of the molecule is CC(C)n1cc(CC(=O)NCCn2c(=O)c(=O)[nH]c3ccccc32)c2ccccc21. The van der Waals surface area contributed by atoms with E-state index < -0.39 is 11.1 Å². The third-order valence-electron chi connectivity index (χ3n) is 5.27. The predicted octanol–water partition coefficient (Wildman–Crippen LogP) is 2.58. The summed E-state index contributed by atoms with van der Waals surface area (Å²) in [5.74, 6) is -0.121. The summed E-state index contributed by atoms with van der Waals surface area (Å²) >= 11 is 0. The van der Waals surface area contributed by atoms with Crippen molar-refractivity contribution in [2.45, 2.75) is 32.9 Å². The highest BCUT2D eigenvalue weighted by Gasteiger charge is 2.13. The Morgan fingerprint density at radius 1 is 1.03 bits per heavy atom. The van der Waals surface area contributed by atoms with Gasteiger partial charge in [0, 0.05) is 36.2 Å². The largest absolute Gasteiger partial charge is 0.354 e. The van der Waals surface area contributed by atoms with E-state index in [9.17, 15) is 14.4 Å². The summed E-state index contributed by atoms with van der Waals surface area (Å²) < 4.78 is 3.57. The average molecular weight is 404 g/mol. The van der Waals surface area contributed by atoms with E-state index in [1.165, 1.54) is 4.57 Å². The fourth-order valence-electron chi connectivity index (χ4n) is 3.83. The van der Waals surface area contributed by atoms with Gasteiger partial charge in [-0.25, -0.2) is 0 Å². The summed E-state index contributed by atoms with van der Waals surface area (Å²) in [6, 6.07) is 15.5. The van der Waals surface area contributed by atoms with Crippen molar-refractivity contribution in [3.8, 4) is 0 Å². The number of aromatic nitrogens is 3. The Hall–Kier alpha value is -3.61. The number of H-pyrrole nitrogens is 1. The first-order valence-corrected chi connectivity index (χ1v) is 10.0. The van der Waals surface area contributed by atoms with Crippen molar-refractivity contribution in [3.63, 3.8) is 0 Å². The summed E-state index contributed by atoms with van der Waals surface area (Å²) in [5.41, 5.74) is 2.02. The molecule has 0 aliphatic rings. The maximum Gasteiger partial charge on any atom is 0.316 e. The molecule has 0 bridgehead atoms. The molecule has 0 aliphatic carbocycles. The number of nitrogens with one attached hydrogen (secondary N) is 2. The van der Waals surface area contributed by atoms with Gasteiger partial charge in [-0.2, -0.15) is 0 Å². The molecule has 30 heavy (non-hydrogen) atoms. The summed E-state index contributed by atoms with van der Waals surface area (Å²) in [7, 11) is 0. The van der Waals surface area contributed by atoms with E-state index in [1.807, 2.05) is 24.4 Å². The van der Waals surface area contributed by atoms with Gasteiger partial charge in [0.15, 0.2) is 0 Å². The number of carbonyl (C=O) groups excluding carboxylic acids is 1. The molecule has 2 aromatic carbocycles. The van der Waals surface area contributed by atoms with Gasteiger partial charge in [-0.15, -0.1) is 0 Å². The molecule has 2 heterocycles. The highest BCUT2D eigenvalue weighted by molar-refractivity contribution is 5.89. The van der Waals surface area contributed by atoms with Crippen LogP contribution in [0.15, 0.2) is 64.3 Å². The van der Waals surface area contributed by atoms with Gasteiger partial charge in [0.2, 0.25) is 5.91 Å². The molecule has 4 rings (SSSR count). The molecule has 7 heteroatoms. The third kappa shape index (κ3) is 3.66. The Labute approximate surface area is 173 Å². The van der Waals surface area contributed by atoms with Crippen molar-refractivity contribution in [1.29, 1.82) is 0 Å². The summed E-state index contributed by atoms with van der Waals surface area (Å²) in [5, 5.41) is 3.94. The zero-order valence-electron chi connectivity index (χ0n) is 17.0. The van der Waals surface area contributed by atoms with Crippen molar-refractivity contribution in [2.24, 2.45) is 0 Å². The Balaban J connectivity index is 1.49. The van der Waals surface area contributed by atoms with Crippen LogP contribution in [0.25, 0.3) is 21.9 Å². The molecule has 1 amide bonds. The zero-order valence-corrected chi connectivity index (χ0v) is 17.0. The number of hydrogen-bond acceptors (Lipinski definition) is 3. The lowest BCUT2D eigenvalue weighted by Gasteiger charge is -2.10. The third-order valence-corrected chi connectivity index (χ3v) is 5.27. The van der Waals surface area contributed by atoms with E-state index >= 15 is 0 Å². The standard InChI is InChI=1S/C23H24N4O3/c1-15(2)27-14-16(17-7-3-5-9-19(17)27)13-21(28)24-11-12-26-20-10-6-4-8-18(20)25-22(29)23(26)30/h3-10,14-15H,11-13H2,1-2H3,(H,24,28)(H,25,29). The van der Waals surface area contributed by atoms with Crippen LogP contribution < -0.4 is 16.4 Å². The van der Waals surface area contributed by atoms with E-state index in [0.717, 1.165) is 16.5 Å². The second kappa shape index (κ2) is 8.02. The Bertz CT molecular complexity index is 1340. The molecule has 154 valence electrons. The molecule has 0 radical (unpaired) electrons. The van der Waals surface area contributed by atoms with Gasteiger partial charge >= 0.3 is 11.1 Å². The fourth-order valence-corrected chi connectivity index (χ4v) is 3.83. The first kappa shape index (κ1) is 19.7. The maximum atomic E-state index is 12.6. The molecule has 0 saturated heterocycles. The smallest absolute Gasteiger partial charge is 0.316 e. The quantitative estimate of drug-likeness (QED) is 0.484. The van der Waals surface area contributed by atoms with E-state index in [2.05, 4.69) is 34.8 Å². The topological polar surface area (TPSA) is 88.9 Å². The number of amides is 1. The molecule has 0 atom stereocenters. The van der Waals surface area contributed by atoms with Crippen LogP contribution in [0.4, 0.5) is 0 Å². The van der Waals surface area contributed by atoms with Crippen molar-refractivity contribution in [3.05, 3.63) is 81.0 Å². The van der Waals surface area contributed by atoms with E-state index in [-0.39, 0.29) is 25.4 Å². The monoisotopic (exact) mass is 404 g/mol. The van der Waals surface area contributed by atoms with Gasteiger partial charge in [0.25, 0.3) is 0 Å². The van der Waals surface area contributed by atoms with Crippen LogP contribution >= 0.6 is 0 Å². The van der Waals surface area contributed by atoms with Crippen LogP contribution in [0.2, 0.25) is 0 Å². The number of fused-ring (bicyclic) bond motifs is 2. The average Bonchev–Trinajstić information content (AvgIpc) is 3.09. The summed E-state index contributed by atoms with van der Waals surface area (Å²) in [6.45, 7) is 4.71. The molecule has 0 aliphatic heterocycles. The number of nitrogens with zero attached hydrogens (tertiary/aromatic N) is 2. The Morgan fingerprint density at radius 2 is 1.73 bits per heavy atom.